The molecule has 3 rings (SSSR count). The van der Waals surface area contributed by atoms with Crippen LogP contribution >= 0.6 is 0 Å². The molecule has 2 aliphatic heterocycles. The molecule has 1 aromatic rings. The van der Waals surface area contributed by atoms with Gasteiger partial charge in [-0.05, 0) is 12.0 Å². The van der Waals surface area contributed by atoms with Crippen LogP contribution < -0.4 is 0 Å². The van der Waals surface area contributed by atoms with Crippen LogP contribution in [0, 0.1) is 0 Å². The summed E-state index contributed by atoms with van der Waals surface area (Å²) < 4.78 is 9.91. The van der Waals surface area contributed by atoms with Crippen LogP contribution in [0.1, 0.15) is 24.4 Å². The number of nitrogens with zero attached hydrogens (tertiary/aromatic N) is 1. The van der Waals surface area contributed by atoms with E-state index < -0.39 is 18.0 Å². The lowest BCUT2D eigenvalue weighted by atomic mass is 9.95. The molecule has 1 saturated heterocycles. The lowest BCUT2D eigenvalue weighted by molar-refractivity contribution is -0.157. The van der Waals surface area contributed by atoms with Gasteiger partial charge in [0.25, 0.3) is 0 Å². The van der Waals surface area contributed by atoms with Crippen LogP contribution in [-0.2, 0) is 23.9 Å². The highest BCUT2D eigenvalue weighted by atomic mass is 16.5. The minimum absolute atomic E-state index is 0.0169. The van der Waals surface area contributed by atoms with Gasteiger partial charge in [-0.25, -0.2) is 9.59 Å². The van der Waals surface area contributed by atoms with E-state index in [0.29, 0.717) is 0 Å². The molecule has 1 aromatic carbocycles. The van der Waals surface area contributed by atoms with Gasteiger partial charge in [-0.1, -0.05) is 30.3 Å². The van der Waals surface area contributed by atoms with Crippen molar-refractivity contribution in [3.05, 3.63) is 47.2 Å². The first-order valence-electron chi connectivity index (χ1n) is 6.99. The minimum atomic E-state index is -0.652. The van der Waals surface area contributed by atoms with Crippen molar-refractivity contribution in [2.24, 2.45) is 0 Å². The van der Waals surface area contributed by atoms with Crippen molar-refractivity contribution in [3.8, 4) is 0 Å². The van der Waals surface area contributed by atoms with Gasteiger partial charge in [0.1, 0.15) is 12.3 Å². The van der Waals surface area contributed by atoms with Crippen molar-refractivity contribution in [2.45, 2.75) is 18.9 Å². The van der Waals surface area contributed by atoms with Gasteiger partial charge in [0.05, 0.1) is 18.7 Å². The number of esters is 2. The van der Waals surface area contributed by atoms with E-state index in [-0.39, 0.29) is 36.6 Å². The summed E-state index contributed by atoms with van der Waals surface area (Å²) in [7, 11) is 1.25. The first-order chi connectivity index (χ1) is 10.6. The maximum atomic E-state index is 12.3. The molecular weight excluding hydrogens is 286 g/mol. The third-order valence-corrected chi connectivity index (χ3v) is 3.88. The molecule has 0 radical (unpaired) electrons. The largest absolute Gasteiger partial charge is 0.466 e. The topological polar surface area (TPSA) is 72.9 Å². The molecule has 114 valence electrons. The Hall–Kier alpha value is -2.63. The molecule has 22 heavy (non-hydrogen) atoms. The summed E-state index contributed by atoms with van der Waals surface area (Å²) in [6.07, 6.45) is 0.360. The lowest BCUT2D eigenvalue weighted by Gasteiger charge is -2.39. The van der Waals surface area contributed by atoms with Crippen molar-refractivity contribution in [1.29, 1.82) is 0 Å². The first kappa shape index (κ1) is 14.3. The van der Waals surface area contributed by atoms with E-state index in [1.165, 1.54) is 12.0 Å². The van der Waals surface area contributed by atoms with Crippen molar-refractivity contribution >= 4 is 17.8 Å². The lowest BCUT2D eigenvalue weighted by Crippen LogP contribution is -2.47. The second-order valence-electron chi connectivity index (χ2n) is 5.11. The Morgan fingerprint density at radius 2 is 1.95 bits per heavy atom. The van der Waals surface area contributed by atoms with E-state index in [1.807, 2.05) is 30.3 Å². The number of fused-ring (bicyclic) bond motifs is 1. The van der Waals surface area contributed by atoms with Crippen LogP contribution in [0.5, 0.6) is 0 Å². The summed E-state index contributed by atoms with van der Waals surface area (Å²) in [5.41, 5.74) is 1.07. The van der Waals surface area contributed by atoms with Crippen LogP contribution in [0.25, 0.3) is 0 Å². The summed E-state index contributed by atoms with van der Waals surface area (Å²) in [5, 5.41) is 0. The predicted octanol–water partition coefficient (Wildman–Crippen LogP) is 1.33. The van der Waals surface area contributed by atoms with Gasteiger partial charge < -0.3 is 9.47 Å². The monoisotopic (exact) mass is 301 g/mol. The van der Waals surface area contributed by atoms with E-state index in [0.717, 1.165) is 5.56 Å². The average molecular weight is 301 g/mol. The zero-order chi connectivity index (χ0) is 15.7. The van der Waals surface area contributed by atoms with Crippen LogP contribution in [0.4, 0.5) is 0 Å². The second kappa shape index (κ2) is 5.63. The number of benzene rings is 1. The van der Waals surface area contributed by atoms with Gasteiger partial charge in [-0.2, -0.15) is 0 Å². The second-order valence-corrected chi connectivity index (χ2v) is 5.11. The summed E-state index contributed by atoms with van der Waals surface area (Å²) in [6, 6.07) is 8.88. The molecule has 6 heteroatoms. The summed E-state index contributed by atoms with van der Waals surface area (Å²) in [4.78, 5) is 37.7. The Bertz CT molecular complexity index is 664. The molecule has 0 aromatic heterocycles. The highest BCUT2D eigenvalue weighted by molar-refractivity contribution is 6.05. The molecule has 2 aliphatic rings. The normalized spacial score (nSPS) is 21.3. The Morgan fingerprint density at radius 1 is 1.23 bits per heavy atom. The number of hydrogen-bond acceptors (Lipinski definition) is 5. The van der Waals surface area contributed by atoms with Gasteiger partial charge in [0.15, 0.2) is 0 Å². The third-order valence-electron chi connectivity index (χ3n) is 3.88. The fourth-order valence-electron chi connectivity index (χ4n) is 2.83. The molecule has 1 atom stereocenters. The molecule has 1 amide bonds. The number of carbonyl (C=O) groups is 3. The Balaban J connectivity index is 2.10. The standard InChI is InChI=1S/C16H15NO5/c1-21-15(19)11-7-8-13(18)17-12(9-22-16(20)14(11)17)10-5-3-2-4-6-10/h2-6,12H,7-9H2,1H3/t12-/m0/s1. The van der Waals surface area contributed by atoms with Crippen molar-refractivity contribution < 1.29 is 23.9 Å². The van der Waals surface area contributed by atoms with Crippen molar-refractivity contribution in [1.82, 2.24) is 4.90 Å². The summed E-state index contributed by atoms with van der Waals surface area (Å²) >= 11 is 0. The van der Waals surface area contributed by atoms with E-state index in [9.17, 15) is 14.4 Å². The number of morpholine rings is 1. The van der Waals surface area contributed by atoms with E-state index in [4.69, 9.17) is 9.47 Å². The van der Waals surface area contributed by atoms with E-state index in [1.54, 1.807) is 0 Å². The fourth-order valence-corrected chi connectivity index (χ4v) is 2.83. The van der Waals surface area contributed by atoms with E-state index >= 15 is 0 Å². The summed E-state index contributed by atoms with van der Waals surface area (Å²) in [6.45, 7) is 0.0759. The van der Waals surface area contributed by atoms with Gasteiger partial charge >= 0.3 is 11.9 Å². The molecule has 2 heterocycles. The molecule has 1 fully saturated rings. The Labute approximate surface area is 127 Å². The number of rotatable bonds is 2. The first-order valence-corrected chi connectivity index (χ1v) is 6.99. The smallest absolute Gasteiger partial charge is 0.355 e. The number of ether oxygens (including phenoxy) is 2. The third kappa shape index (κ3) is 2.26. The molecule has 0 bridgehead atoms. The molecule has 0 N–H and O–H groups in total. The number of methoxy groups -OCH3 is 1. The minimum Gasteiger partial charge on any atom is -0.466 e. The number of cyclic esters (lactones) is 1. The van der Waals surface area contributed by atoms with Gasteiger partial charge in [0, 0.05) is 6.42 Å². The number of hydrogen-bond donors (Lipinski definition) is 0. The summed E-state index contributed by atoms with van der Waals surface area (Å²) in [5.74, 6) is -1.44. The number of carbonyl (C=O) groups excluding carboxylic acids is 3. The SMILES string of the molecule is COC(=O)C1=C2C(=O)OC[C@@H](c3ccccc3)N2C(=O)CC1. The fraction of sp³-hybridized carbons (Fsp3) is 0.312. The predicted molar refractivity (Wildman–Crippen MR) is 75.3 cm³/mol. The molecule has 6 nitrogen and oxygen atoms in total. The maximum absolute atomic E-state index is 12.3. The quantitative estimate of drug-likeness (QED) is 0.771. The van der Waals surface area contributed by atoms with Crippen LogP contribution in [0.3, 0.4) is 0 Å². The zero-order valence-electron chi connectivity index (χ0n) is 12.1. The zero-order valence-corrected chi connectivity index (χ0v) is 12.1. The average Bonchev–Trinajstić information content (AvgIpc) is 2.56. The molecule has 0 aliphatic carbocycles. The van der Waals surface area contributed by atoms with Crippen LogP contribution in [0.2, 0.25) is 0 Å². The molecule has 0 saturated carbocycles. The van der Waals surface area contributed by atoms with Crippen molar-refractivity contribution in [2.75, 3.05) is 13.7 Å². The van der Waals surface area contributed by atoms with Crippen LogP contribution in [-0.4, -0.2) is 36.5 Å². The van der Waals surface area contributed by atoms with Crippen molar-refractivity contribution in [3.63, 3.8) is 0 Å². The maximum Gasteiger partial charge on any atom is 0.355 e. The number of amides is 1. The van der Waals surface area contributed by atoms with Crippen LogP contribution in [0.15, 0.2) is 41.6 Å². The Morgan fingerprint density at radius 3 is 2.64 bits per heavy atom. The Kier molecular flexibility index (Phi) is 3.66. The van der Waals surface area contributed by atoms with Gasteiger partial charge in [-0.3, -0.25) is 9.69 Å². The molecule has 0 spiro atoms. The molecule has 0 unspecified atom stereocenters. The van der Waals surface area contributed by atoms with Gasteiger partial charge in [-0.15, -0.1) is 0 Å². The highest BCUT2D eigenvalue weighted by Crippen LogP contribution is 2.36. The highest BCUT2D eigenvalue weighted by Gasteiger charge is 2.43. The van der Waals surface area contributed by atoms with E-state index in [2.05, 4.69) is 0 Å². The molecular formula is C16H15NO5. The van der Waals surface area contributed by atoms with Gasteiger partial charge in [0.2, 0.25) is 5.91 Å².